The van der Waals surface area contributed by atoms with E-state index in [1.54, 1.807) is 29.2 Å². The summed E-state index contributed by atoms with van der Waals surface area (Å²) in [7, 11) is 0. The van der Waals surface area contributed by atoms with Crippen LogP contribution < -0.4 is 11.2 Å². The zero-order chi connectivity index (χ0) is 25.9. The summed E-state index contributed by atoms with van der Waals surface area (Å²) in [5.41, 5.74) is 11.9. The van der Waals surface area contributed by atoms with Crippen LogP contribution in [-0.4, -0.2) is 28.8 Å². The van der Waals surface area contributed by atoms with Gasteiger partial charge in [0.1, 0.15) is 0 Å². The number of nitrogens with zero attached hydrogens (tertiary/aromatic N) is 1. The van der Waals surface area contributed by atoms with Gasteiger partial charge in [0.15, 0.2) is 0 Å². The molecule has 0 radical (unpaired) electrons. The Bertz CT molecular complexity index is 1290. The van der Waals surface area contributed by atoms with Gasteiger partial charge in [0, 0.05) is 27.7 Å². The van der Waals surface area contributed by atoms with Crippen molar-refractivity contribution in [1.29, 1.82) is 0 Å². The van der Waals surface area contributed by atoms with E-state index < -0.39 is 12.0 Å². The van der Waals surface area contributed by atoms with Crippen molar-refractivity contribution in [3.05, 3.63) is 105 Å². The number of fused-ring (bicyclic) bond motifs is 1. The van der Waals surface area contributed by atoms with E-state index in [4.69, 9.17) is 33.8 Å². The fourth-order valence-electron chi connectivity index (χ4n) is 5.58. The van der Waals surface area contributed by atoms with Gasteiger partial charge in [0.25, 0.3) is 11.8 Å². The third-order valence-electron chi connectivity index (χ3n) is 7.33. The molecule has 6 nitrogen and oxygen atoms in total. The molecule has 0 saturated heterocycles. The molecule has 1 aliphatic carbocycles. The molecule has 2 aliphatic rings. The number of carbonyl (C=O) groups is 2. The van der Waals surface area contributed by atoms with Crippen molar-refractivity contribution in [2.24, 2.45) is 5.73 Å². The molecule has 0 spiro atoms. The predicted molar refractivity (Wildman–Crippen MR) is 144 cm³/mol. The second kappa shape index (κ2) is 11.2. The highest BCUT2D eigenvalue weighted by atomic mass is 35.5. The largest absolute Gasteiger partial charge is 0.326 e. The van der Waals surface area contributed by atoms with E-state index in [9.17, 15) is 9.59 Å². The van der Waals surface area contributed by atoms with Gasteiger partial charge in [-0.2, -0.15) is 0 Å². The van der Waals surface area contributed by atoms with Crippen molar-refractivity contribution in [3.63, 3.8) is 0 Å². The van der Waals surface area contributed by atoms with E-state index in [2.05, 4.69) is 5.48 Å². The van der Waals surface area contributed by atoms with Gasteiger partial charge < -0.3 is 10.6 Å². The lowest BCUT2D eigenvalue weighted by atomic mass is 9.76. The third-order valence-corrected chi connectivity index (χ3v) is 7.90. The molecule has 1 aliphatic heterocycles. The lowest BCUT2D eigenvalue weighted by Gasteiger charge is -2.48. The number of hydrogen-bond donors (Lipinski definition) is 2. The number of carbonyl (C=O) groups excluding carboxylic acids is 2. The first-order valence-corrected chi connectivity index (χ1v) is 13.3. The van der Waals surface area contributed by atoms with E-state index in [1.165, 1.54) is 0 Å². The Hall–Kier alpha value is -2.90. The lowest BCUT2D eigenvalue weighted by Crippen LogP contribution is -2.57. The van der Waals surface area contributed by atoms with Crippen LogP contribution in [0.4, 0.5) is 0 Å². The molecule has 0 unspecified atom stereocenters. The highest BCUT2D eigenvalue weighted by molar-refractivity contribution is 6.35. The number of hydrogen-bond acceptors (Lipinski definition) is 4. The van der Waals surface area contributed by atoms with Crippen molar-refractivity contribution >= 4 is 35.0 Å². The van der Waals surface area contributed by atoms with Crippen LogP contribution in [0.2, 0.25) is 10.0 Å². The smallest absolute Gasteiger partial charge is 0.255 e. The average Bonchev–Trinajstić information content (AvgIpc) is 2.90. The molecule has 0 bridgehead atoms. The minimum Gasteiger partial charge on any atom is -0.326 e. The van der Waals surface area contributed by atoms with Gasteiger partial charge in [0.2, 0.25) is 0 Å². The maximum atomic E-state index is 14.0. The monoisotopic (exact) mass is 537 g/mol. The summed E-state index contributed by atoms with van der Waals surface area (Å²) in [6.07, 6.45) is 3.55. The second-order valence-electron chi connectivity index (χ2n) is 9.64. The topological polar surface area (TPSA) is 84.7 Å². The van der Waals surface area contributed by atoms with Gasteiger partial charge in [-0.25, -0.2) is 5.48 Å². The van der Waals surface area contributed by atoms with Crippen LogP contribution in [0.15, 0.2) is 72.8 Å². The highest BCUT2D eigenvalue weighted by Gasteiger charge is 2.48. The molecule has 5 rings (SSSR count). The molecular formula is C29H29Cl2N3O3. The van der Waals surface area contributed by atoms with Crippen LogP contribution in [0.1, 0.15) is 64.7 Å². The summed E-state index contributed by atoms with van der Waals surface area (Å²) < 4.78 is 0. The Balaban J connectivity index is 1.57. The van der Waals surface area contributed by atoms with E-state index in [1.807, 2.05) is 48.5 Å². The Labute approximate surface area is 226 Å². The molecule has 3 aromatic carbocycles. The minimum absolute atomic E-state index is 0.150. The fraction of sp³-hybridized carbons (Fsp3) is 0.310. The zero-order valence-corrected chi connectivity index (χ0v) is 21.8. The standard InChI is InChI=1S/C29H29Cl2N3O3/c30-19-14-15-22(23(31)16-19)27-26(28(35)33-37-17-18-8-2-1-3-9-18)20-10-4-5-11-21(20)29(36)34(27)25-13-7-6-12-24(25)32/h1-5,8-11,14-16,24-27H,6-7,12-13,17,32H2,(H,33,35)/t24-,25-,26+,27-/m0/s1. The molecule has 37 heavy (non-hydrogen) atoms. The second-order valence-corrected chi connectivity index (χ2v) is 10.5. The van der Waals surface area contributed by atoms with E-state index in [0.717, 1.165) is 31.2 Å². The fourth-order valence-corrected chi connectivity index (χ4v) is 6.11. The maximum Gasteiger partial charge on any atom is 0.255 e. The molecular weight excluding hydrogens is 509 g/mol. The van der Waals surface area contributed by atoms with Gasteiger partial charge >= 0.3 is 0 Å². The number of nitrogens with two attached hydrogens (primary N) is 1. The summed E-state index contributed by atoms with van der Waals surface area (Å²) in [6, 6.07) is 20.9. The van der Waals surface area contributed by atoms with E-state index in [-0.39, 0.29) is 30.5 Å². The molecule has 3 aromatic rings. The molecule has 1 heterocycles. The van der Waals surface area contributed by atoms with Crippen molar-refractivity contribution < 1.29 is 14.4 Å². The molecule has 2 amide bonds. The van der Waals surface area contributed by atoms with Crippen LogP contribution in [0.25, 0.3) is 0 Å². The minimum atomic E-state index is -0.766. The van der Waals surface area contributed by atoms with Crippen LogP contribution in [0.5, 0.6) is 0 Å². The average molecular weight is 538 g/mol. The van der Waals surface area contributed by atoms with Gasteiger partial charge in [-0.15, -0.1) is 0 Å². The number of hydroxylamine groups is 1. The lowest BCUT2D eigenvalue weighted by molar-refractivity contribution is -0.138. The first kappa shape index (κ1) is 25.7. The van der Waals surface area contributed by atoms with Crippen LogP contribution in [0.3, 0.4) is 0 Å². The molecule has 0 aromatic heterocycles. The summed E-state index contributed by atoms with van der Waals surface area (Å²) >= 11 is 12.9. The molecule has 192 valence electrons. The highest BCUT2D eigenvalue weighted by Crippen LogP contribution is 2.47. The quantitative estimate of drug-likeness (QED) is 0.389. The SMILES string of the molecule is N[C@H]1CCCC[C@@H]1N1C(=O)c2ccccc2[C@@H](C(=O)NOCc2ccccc2)[C@@H]1c1ccc(Cl)cc1Cl. The number of rotatable bonds is 6. The maximum absolute atomic E-state index is 14.0. The number of benzene rings is 3. The van der Waals surface area contributed by atoms with Gasteiger partial charge in [-0.05, 0) is 47.7 Å². The van der Waals surface area contributed by atoms with E-state index in [0.29, 0.717) is 26.7 Å². The molecule has 4 atom stereocenters. The Morgan fingerprint density at radius 1 is 0.973 bits per heavy atom. The van der Waals surface area contributed by atoms with Crippen molar-refractivity contribution in [2.45, 2.75) is 56.3 Å². The predicted octanol–water partition coefficient (Wildman–Crippen LogP) is 5.79. The summed E-state index contributed by atoms with van der Waals surface area (Å²) in [5.74, 6) is -1.28. The van der Waals surface area contributed by atoms with Crippen LogP contribution >= 0.6 is 23.2 Å². The van der Waals surface area contributed by atoms with E-state index >= 15 is 0 Å². The summed E-state index contributed by atoms with van der Waals surface area (Å²) in [6.45, 7) is 0.212. The first-order valence-electron chi connectivity index (χ1n) is 12.5. The molecule has 1 fully saturated rings. The normalized spacial score (nSPS) is 23.4. The van der Waals surface area contributed by atoms with Gasteiger partial charge in [-0.3, -0.25) is 14.4 Å². The first-order chi connectivity index (χ1) is 18.0. The molecule has 1 saturated carbocycles. The number of amides is 2. The Kier molecular flexibility index (Phi) is 7.81. The molecule has 3 N–H and O–H groups in total. The van der Waals surface area contributed by atoms with Crippen LogP contribution in [0, 0.1) is 0 Å². The van der Waals surface area contributed by atoms with Gasteiger partial charge in [0.05, 0.1) is 18.6 Å². The summed E-state index contributed by atoms with van der Waals surface area (Å²) in [4.78, 5) is 35.3. The Morgan fingerprint density at radius 2 is 1.70 bits per heavy atom. The van der Waals surface area contributed by atoms with Crippen molar-refractivity contribution in [2.75, 3.05) is 0 Å². The Morgan fingerprint density at radius 3 is 2.46 bits per heavy atom. The van der Waals surface area contributed by atoms with Crippen molar-refractivity contribution in [3.8, 4) is 0 Å². The van der Waals surface area contributed by atoms with Crippen molar-refractivity contribution in [1.82, 2.24) is 10.4 Å². The molecule has 8 heteroatoms. The summed E-state index contributed by atoms with van der Waals surface area (Å²) in [5, 5.41) is 0.867. The third kappa shape index (κ3) is 5.25. The van der Waals surface area contributed by atoms with Gasteiger partial charge in [-0.1, -0.05) is 90.6 Å². The van der Waals surface area contributed by atoms with Crippen LogP contribution in [-0.2, 0) is 16.2 Å². The zero-order valence-electron chi connectivity index (χ0n) is 20.3. The number of halogens is 2. The number of nitrogens with one attached hydrogen (secondary N) is 1.